The van der Waals surface area contributed by atoms with Crippen LogP contribution in [0.3, 0.4) is 0 Å². The first-order chi connectivity index (χ1) is 50.8. The van der Waals surface area contributed by atoms with Gasteiger partial charge in [-0.25, -0.2) is 4.57 Å². The molecule has 2 unspecified atom stereocenters. The van der Waals surface area contributed by atoms with Gasteiger partial charge in [0, 0.05) is 19.4 Å². The maximum absolute atomic E-state index is 12.8. The summed E-state index contributed by atoms with van der Waals surface area (Å²) in [6.45, 7) is 3.81. The van der Waals surface area contributed by atoms with Crippen LogP contribution in [0, 0.1) is 0 Å². The monoisotopic (exact) mass is 1470 g/mol. The minimum absolute atomic E-state index is 0.0563. The van der Waals surface area contributed by atoms with Gasteiger partial charge in [0.05, 0.1) is 13.2 Å². The third-order valence-corrected chi connectivity index (χ3v) is 21.9. The van der Waals surface area contributed by atoms with Gasteiger partial charge in [0.2, 0.25) is 0 Å². The molecule has 0 bridgehead atoms. The van der Waals surface area contributed by atoms with Crippen molar-refractivity contribution < 1.29 is 37.6 Å². The molecule has 9 nitrogen and oxygen atoms in total. The fraction of sp³-hybridized carbons (Fsp3) is 0.871. The number of phosphoric ester groups is 1. The Balaban J connectivity index is 3.69. The summed E-state index contributed by atoms with van der Waals surface area (Å²) < 4.78 is 33.4. The third-order valence-electron chi connectivity index (χ3n) is 20.9. The summed E-state index contributed by atoms with van der Waals surface area (Å²) in [6, 6.07) is 0. The fourth-order valence-electron chi connectivity index (χ4n) is 14.1. The Morgan fingerprint density at radius 2 is 0.505 bits per heavy atom. The van der Waals surface area contributed by atoms with Gasteiger partial charge in [0.25, 0.3) is 0 Å². The van der Waals surface area contributed by atoms with Crippen LogP contribution in [0.4, 0.5) is 0 Å². The van der Waals surface area contributed by atoms with E-state index in [1.807, 2.05) is 0 Å². The number of hydrogen-bond donors (Lipinski definition) is 2. The predicted molar refractivity (Wildman–Crippen MR) is 450 cm³/mol. The average molecular weight is 1470 g/mol. The average Bonchev–Trinajstić information content (AvgIpc) is 0.970. The van der Waals surface area contributed by atoms with Crippen molar-refractivity contribution in [3.05, 3.63) is 60.8 Å². The lowest BCUT2D eigenvalue weighted by Crippen LogP contribution is -2.29. The van der Waals surface area contributed by atoms with Crippen LogP contribution in [0.5, 0.6) is 0 Å². The van der Waals surface area contributed by atoms with Crippen molar-refractivity contribution in [1.82, 2.24) is 0 Å². The van der Waals surface area contributed by atoms with Gasteiger partial charge in [-0.1, -0.05) is 453 Å². The smallest absolute Gasteiger partial charge is 0.462 e. The number of allylic oxidation sites excluding steroid dienone is 10. The molecule has 2 atom stereocenters. The lowest BCUT2D eigenvalue weighted by Gasteiger charge is -2.19. The molecule has 0 aromatic heterocycles. The largest absolute Gasteiger partial charge is 0.472 e. The number of carbonyl (C=O) groups is 2. The van der Waals surface area contributed by atoms with E-state index >= 15 is 0 Å². The molecule has 0 saturated carbocycles. The minimum Gasteiger partial charge on any atom is -0.462 e. The van der Waals surface area contributed by atoms with E-state index in [1.54, 1.807) is 0 Å². The molecule has 0 aromatic carbocycles. The number of esters is 2. The summed E-state index contributed by atoms with van der Waals surface area (Å²) in [4.78, 5) is 35.6. The standard InChI is InChI=1S/C93H176NO8P/c1-3-5-7-9-11-13-15-17-19-21-23-25-27-29-31-33-35-37-39-41-43-45-47-49-51-53-55-57-59-61-63-65-67-69-71-73-75-77-79-81-83-85-92(95)99-89-91(90-101-103(97,98)100-88-87-94)102-93(96)86-84-82-80-78-76-74-72-70-68-66-64-62-60-58-56-54-52-50-48-46-44-42-40-38-36-34-32-30-28-26-24-22-20-18-16-14-12-10-8-6-4-2/h15-18,21-24,28,30,91H,3-14,19-20,25-27,29,31-90,94H2,1-2H3,(H,97,98)/b17-15-,18-16-,23-21-,24-22-,30-28-. The Morgan fingerprint density at radius 3 is 0.748 bits per heavy atom. The Labute approximate surface area is 641 Å². The summed E-state index contributed by atoms with van der Waals surface area (Å²) in [5.41, 5.74) is 5.43. The number of carbonyl (C=O) groups excluding carboxylic acids is 2. The molecule has 606 valence electrons. The maximum atomic E-state index is 12.8. The van der Waals surface area contributed by atoms with E-state index < -0.39 is 26.5 Å². The van der Waals surface area contributed by atoms with Crippen LogP contribution < -0.4 is 5.73 Å². The van der Waals surface area contributed by atoms with Gasteiger partial charge in [-0.3, -0.25) is 18.6 Å². The number of rotatable bonds is 88. The normalized spacial score (nSPS) is 13.0. The number of hydrogen-bond acceptors (Lipinski definition) is 8. The summed E-state index contributed by atoms with van der Waals surface area (Å²) >= 11 is 0. The van der Waals surface area contributed by atoms with E-state index in [0.29, 0.717) is 6.42 Å². The highest BCUT2D eigenvalue weighted by molar-refractivity contribution is 7.47. The number of ether oxygens (including phenoxy) is 2. The van der Waals surface area contributed by atoms with Crippen molar-refractivity contribution in [3.63, 3.8) is 0 Å². The second kappa shape index (κ2) is 88.6. The molecule has 0 spiro atoms. The van der Waals surface area contributed by atoms with Crippen molar-refractivity contribution in [3.8, 4) is 0 Å². The molecule has 0 aliphatic heterocycles. The van der Waals surface area contributed by atoms with Gasteiger partial charge in [0.15, 0.2) is 6.10 Å². The van der Waals surface area contributed by atoms with Crippen LogP contribution in [0.25, 0.3) is 0 Å². The molecule has 0 aliphatic carbocycles. The van der Waals surface area contributed by atoms with Crippen LogP contribution in [0.2, 0.25) is 0 Å². The van der Waals surface area contributed by atoms with Crippen LogP contribution in [0.1, 0.15) is 489 Å². The first kappa shape index (κ1) is 101. The molecular weight excluding hydrogens is 1290 g/mol. The molecule has 0 amide bonds. The summed E-state index contributed by atoms with van der Waals surface area (Å²) in [7, 11) is -4.40. The number of phosphoric acid groups is 1. The Kier molecular flexibility index (Phi) is 86.6. The highest BCUT2D eigenvalue weighted by Crippen LogP contribution is 2.43. The van der Waals surface area contributed by atoms with Crippen molar-refractivity contribution in [2.24, 2.45) is 5.73 Å². The Bertz CT molecular complexity index is 1880. The molecule has 0 aliphatic rings. The molecule has 10 heteroatoms. The SMILES string of the molecule is CCCCCCC/C=C\C/C=C\C/C=C\CCCCCCCCCCCCCCCCCCCCCCCCCCCCC(=O)OC(COC(=O)CCCCCCCCCCCCCCCCCCCCCCCCCCCCCCC/C=C\C/C=C\CCCCCCC)COP(=O)(O)OCCN. The Hall–Kier alpha value is -2.29. The first-order valence-electron chi connectivity index (χ1n) is 45.8. The molecule has 103 heavy (non-hydrogen) atoms. The minimum atomic E-state index is -4.40. The van der Waals surface area contributed by atoms with Crippen molar-refractivity contribution in [2.45, 2.75) is 495 Å². The lowest BCUT2D eigenvalue weighted by molar-refractivity contribution is -0.161. The van der Waals surface area contributed by atoms with Crippen LogP contribution in [0.15, 0.2) is 60.8 Å². The molecule has 0 aromatic rings. The van der Waals surface area contributed by atoms with Crippen molar-refractivity contribution >= 4 is 19.8 Å². The van der Waals surface area contributed by atoms with Gasteiger partial charge in [-0.05, 0) is 83.5 Å². The number of unbranched alkanes of at least 4 members (excludes halogenated alkanes) is 65. The second-order valence-electron chi connectivity index (χ2n) is 31.2. The zero-order chi connectivity index (χ0) is 74.3. The summed E-state index contributed by atoms with van der Waals surface area (Å²) in [5.74, 6) is -0.799. The number of nitrogens with two attached hydrogens (primary N) is 1. The van der Waals surface area contributed by atoms with Gasteiger partial charge in [-0.2, -0.15) is 0 Å². The lowest BCUT2D eigenvalue weighted by atomic mass is 10.0. The van der Waals surface area contributed by atoms with Crippen LogP contribution in [-0.4, -0.2) is 49.3 Å². The molecule has 3 N–H and O–H groups in total. The Morgan fingerprint density at radius 1 is 0.291 bits per heavy atom. The first-order valence-corrected chi connectivity index (χ1v) is 47.3. The molecular formula is C93H176NO8P. The van der Waals surface area contributed by atoms with Gasteiger partial charge < -0.3 is 20.1 Å². The predicted octanol–water partition coefficient (Wildman–Crippen LogP) is 31.2. The fourth-order valence-corrected chi connectivity index (χ4v) is 14.9. The topological polar surface area (TPSA) is 134 Å². The van der Waals surface area contributed by atoms with E-state index in [1.165, 1.54) is 405 Å². The van der Waals surface area contributed by atoms with E-state index in [2.05, 4.69) is 74.6 Å². The molecule has 0 fully saturated rings. The highest BCUT2D eigenvalue weighted by atomic mass is 31.2. The van der Waals surface area contributed by atoms with E-state index in [9.17, 15) is 19.0 Å². The second-order valence-corrected chi connectivity index (χ2v) is 32.6. The molecule has 0 heterocycles. The van der Waals surface area contributed by atoms with Gasteiger partial charge in [-0.15, -0.1) is 0 Å². The van der Waals surface area contributed by atoms with E-state index in [0.717, 1.165) is 51.4 Å². The van der Waals surface area contributed by atoms with Gasteiger partial charge in [0.1, 0.15) is 6.61 Å². The maximum Gasteiger partial charge on any atom is 0.472 e. The van der Waals surface area contributed by atoms with Crippen LogP contribution in [-0.2, 0) is 32.7 Å². The van der Waals surface area contributed by atoms with E-state index in [4.69, 9.17) is 24.3 Å². The summed E-state index contributed by atoms with van der Waals surface area (Å²) in [5, 5.41) is 0. The molecule has 0 saturated heterocycles. The van der Waals surface area contributed by atoms with Crippen molar-refractivity contribution in [2.75, 3.05) is 26.4 Å². The summed E-state index contributed by atoms with van der Waals surface area (Å²) in [6.07, 6.45) is 119. The zero-order valence-corrected chi connectivity index (χ0v) is 69.7. The quantitative estimate of drug-likeness (QED) is 0.0264. The molecule has 0 rings (SSSR count). The van der Waals surface area contributed by atoms with Gasteiger partial charge >= 0.3 is 19.8 Å². The van der Waals surface area contributed by atoms with Crippen LogP contribution >= 0.6 is 7.82 Å². The third kappa shape index (κ3) is 88.5. The zero-order valence-electron chi connectivity index (χ0n) is 68.8. The molecule has 0 radical (unpaired) electrons. The van der Waals surface area contributed by atoms with Crippen molar-refractivity contribution in [1.29, 1.82) is 0 Å². The van der Waals surface area contributed by atoms with E-state index in [-0.39, 0.29) is 38.6 Å². The highest BCUT2D eigenvalue weighted by Gasteiger charge is 2.26.